The number of rotatable bonds is 19. The predicted octanol–water partition coefficient (Wildman–Crippen LogP) is 1.03. The Morgan fingerprint density at radius 2 is 1.41 bits per heavy atom. The van der Waals surface area contributed by atoms with E-state index in [2.05, 4.69) is 26.6 Å². The minimum absolute atomic E-state index is 0.0922. The largest absolute Gasteiger partial charge is 0.461 e. The summed E-state index contributed by atoms with van der Waals surface area (Å²) in [6.45, 7) is 9.01. The van der Waals surface area contributed by atoms with E-state index in [1.54, 1.807) is 52.0 Å². The van der Waals surface area contributed by atoms with E-state index in [9.17, 15) is 28.8 Å². The molecule has 0 aliphatic rings. The summed E-state index contributed by atoms with van der Waals surface area (Å²) in [5, 5.41) is 13.3. The summed E-state index contributed by atoms with van der Waals surface area (Å²) in [6, 6.07) is 3.13. The van der Waals surface area contributed by atoms with Gasteiger partial charge in [0.2, 0.25) is 23.6 Å². The van der Waals surface area contributed by atoms with Crippen molar-refractivity contribution in [3.63, 3.8) is 0 Å². The van der Waals surface area contributed by atoms with Gasteiger partial charge in [0, 0.05) is 19.2 Å². The molecule has 1 aromatic rings. The number of esters is 1. The summed E-state index contributed by atoms with van der Waals surface area (Å²) in [4.78, 5) is 74.3. The molecular weight excluding hydrogens is 570 g/mol. The monoisotopic (exact) mass is 619 g/mol. The zero-order chi connectivity index (χ0) is 33.2. The molecule has 0 heterocycles. The van der Waals surface area contributed by atoms with Gasteiger partial charge in [-0.2, -0.15) is 0 Å². The van der Waals surface area contributed by atoms with Crippen LogP contribution in [0.2, 0.25) is 0 Å². The highest BCUT2D eigenvalue weighted by Gasteiger charge is 2.31. The van der Waals surface area contributed by atoms with Crippen LogP contribution in [-0.4, -0.2) is 66.8 Å². The third-order valence-corrected chi connectivity index (χ3v) is 6.56. The highest BCUT2D eigenvalue weighted by molar-refractivity contribution is 5.99. The molecule has 14 heteroatoms. The van der Waals surface area contributed by atoms with Crippen LogP contribution in [0.25, 0.3) is 0 Å². The van der Waals surface area contributed by atoms with Gasteiger partial charge >= 0.3 is 12.0 Å². The van der Waals surface area contributed by atoms with Crippen molar-refractivity contribution in [2.75, 3.05) is 18.4 Å². The minimum Gasteiger partial charge on any atom is -0.461 e. The number of urea groups is 1. The molecule has 0 saturated carbocycles. The average Bonchev–Trinajstić information content (AvgIpc) is 2.95. The molecule has 0 spiro atoms. The minimum atomic E-state index is -1.02. The molecule has 0 unspecified atom stereocenters. The fraction of sp³-hybridized carbons (Fsp3) is 0.600. The number of carbonyl (C=O) groups excluding carboxylic acids is 6. The van der Waals surface area contributed by atoms with Crippen molar-refractivity contribution < 1.29 is 33.5 Å². The molecule has 0 aliphatic carbocycles. The molecule has 6 amide bonds. The van der Waals surface area contributed by atoms with Crippen LogP contribution in [0.1, 0.15) is 72.3 Å². The maximum absolute atomic E-state index is 13.4. The summed E-state index contributed by atoms with van der Waals surface area (Å²) in [5.74, 6) is -2.91. The zero-order valence-electron chi connectivity index (χ0n) is 26.4. The van der Waals surface area contributed by atoms with Gasteiger partial charge in [-0.3, -0.25) is 24.0 Å². The molecule has 0 aromatic heterocycles. The Morgan fingerprint density at radius 1 is 0.795 bits per heavy atom. The predicted molar refractivity (Wildman–Crippen MR) is 166 cm³/mol. The van der Waals surface area contributed by atoms with Gasteiger partial charge in [-0.05, 0) is 62.3 Å². The van der Waals surface area contributed by atoms with Crippen molar-refractivity contribution in [3.05, 3.63) is 29.8 Å². The zero-order valence-corrected chi connectivity index (χ0v) is 26.4. The third kappa shape index (κ3) is 14.8. The van der Waals surface area contributed by atoms with Gasteiger partial charge in [0.25, 0.3) is 0 Å². The molecule has 3 atom stereocenters. The lowest BCUT2D eigenvalue weighted by atomic mass is 10.0. The summed E-state index contributed by atoms with van der Waals surface area (Å²) in [6.07, 6.45) is 2.12. The Morgan fingerprint density at radius 3 is 1.95 bits per heavy atom. The normalized spacial score (nSPS) is 12.9. The molecule has 9 N–H and O–H groups in total. The number of nitrogens with one attached hydrogen (secondary N) is 5. The van der Waals surface area contributed by atoms with Gasteiger partial charge in [-0.25, -0.2) is 4.79 Å². The summed E-state index contributed by atoms with van der Waals surface area (Å²) < 4.78 is 5.22. The molecule has 1 aromatic carbocycles. The molecule has 0 saturated heterocycles. The quantitative estimate of drug-likeness (QED) is 0.0872. The van der Waals surface area contributed by atoms with Crippen molar-refractivity contribution in [1.82, 2.24) is 21.3 Å². The van der Waals surface area contributed by atoms with E-state index in [1.807, 2.05) is 0 Å². The SMILES string of the molecule is CC(=O)N[C@@H](CCCCN)C(=O)N[C@H](C(=O)N[C@@H](CCCNC(N)=O)C(=O)Nc1ccc(COC(=O)C(C)C)cc1)C(C)C. The van der Waals surface area contributed by atoms with Gasteiger partial charge < -0.3 is 42.8 Å². The van der Waals surface area contributed by atoms with Crippen molar-refractivity contribution in [2.24, 2.45) is 23.3 Å². The van der Waals surface area contributed by atoms with Gasteiger partial charge in [0.05, 0.1) is 5.92 Å². The van der Waals surface area contributed by atoms with Crippen LogP contribution in [0, 0.1) is 11.8 Å². The van der Waals surface area contributed by atoms with E-state index in [0.717, 1.165) is 5.56 Å². The lowest BCUT2D eigenvalue weighted by molar-refractivity contribution is -0.148. The van der Waals surface area contributed by atoms with Gasteiger partial charge in [-0.1, -0.05) is 39.8 Å². The topological polar surface area (TPSA) is 224 Å². The molecule has 0 radical (unpaired) electrons. The number of primary amides is 1. The molecule has 1 rings (SSSR count). The third-order valence-electron chi connectivity index (χ3n) is 6.56. The Hall–Kier alpha value is -4.20. The Labute approximate surface area is 259 Å². The van der Waals surface area contributed by atoms with Crippen LogP contribution >= 0.6 is 0 Å². The van der Waals surface area contributed by atoms with E-state index in [-0.39, 0.29) is 43.3 Å². The van der Waals surface area contributed by atoms with Crippen LogP contribution in [0.15, 0.2) is 24.3 Å². The maximum Gasteiger partial charge on any atom is 0.312 e. The second-order valence-electron chi connectivity index (χ2n) is 11.2. The first kappa shape index (κ1) is 37.8. The van der Waals surface area contributed by atoms with Crippen LogP contribution in [0.5, 0.6) is 0 Å². The van der Waals surface area contributed by atoms with Crippen LogP contribution in [0.3, 0.4) is 0 Å². The van der Waals surface area contributed by atoms with E-state index >= 15 is 0 Å². The number of amides is 6. The highest BCUT2D eigenvalue weighted by atomic mass is 16.5. The van der Waals surface area contributed by atoms with Crippen LogP contribution in [-0.2, 0) is 35.3 Å². The lowest BCUT2D eigenvalue weighted by Gasteiger charge is -2.27. The van der Waals surface area contributed by atoms with E-state index in [1.165, 1.54) is 6.92 Å². The lowest BCUT2D eigenvalue weighted by Crippen LogP contribution is -2.57. The first-order valence-electron chi connectivity index (χ1n) is 14.9. The Kier molecular flexibility index (Phi) is 17.1. The van der Waals surface area contributed by atoms with Crippen molar-refractivity contribution in [1.29, 1.82) is 0 Å². The standard InChI is InChI=1S/C30H49N7O7/c1-18(2)25(37-27(40)23(34-20(5)38)9-6-7-15-31)28(41)36-24(10-8-16-33-30(32)43)26(39)35-22-13-11-21(12-14-22)17-44-29(42)19(3)4/h11-14,18-19,23-25H,6-10,15-17,31H2,1-5H3,(H,34,38)(H,35,39)(H,36,41)(H,37,40)(H3,32,33,43)/t23-,24-,25-/m0/s1. The Bertz CT molecular complexity index is 1110. The Balaban J connectivity index is 3.01. The molecule has 0 bridgehead atoms. The number of unbranched alkanes of at least 4 members (excludes halogenated alkanes) is 1. The van der Waals surface area contributed by atoms with E-state index in [0.29, 0.717) is 37.9 Å². The second-order valence-corrected chi connectivity index (χ2v) is 11.2. The number of hydrogen-bond donors (Lipinski definition) is 7. The molecule has 246 valence electrons. The van der Waals surface area contributed by atoms with E-state index < -0.39 is 41.9 Å². The van der Waals surface area contributed by atoms with Crippen LogP contribution < -0.4 is 38.1 Å². The summed E-state index contributed by atoms with van der Waals surface area (Å²) in [5.41, 5.74) is 11.9. The number of anilines is 1. The fourth-order valence-electron chi connectivity index (χ4n) is 4.08. The van der Waals surface area contributed by atoms with Gasteiger partial charge in [0.15, 0.2) is 0 Å². The molecule has 0 aliphatic heterocycles. The maximum atomic E-state index is 13.4. The molecule has 0 fully saturated rings. The highest BCUT2D eigenvalue weighted by Crippen LogP contribution is 2.13. The molecule has 14 nitrogen and oxygen atoms in total. The van der Waals surface area contributed by atoms with Crippen LogP contribution in [0.4, 0.5) is 10.5 Å². The number of hydrogen-bond acceptors (Lipinski definition) is 8. The van der Waals surface area contributed by atoms with Crippen molar-refractivity contribution in [2.45, 2.75) is 91.5 Å². The average molecular weight is 620 g/mol. The van der Waals surface area contributed by atoms with Crippen molar-refractivity contribution >= 4 is 41.3 Å². The summed E-state index contributed by atoms with van der Waals surface area (Å²) >= 11 is 0. The second kappa shape index (κ2) is 19.9. The first-order valence-corrected chi connectivity index (χ1v) is 14.9. The number of benzene rings is 1. The smallest absolute Gasteiger partial charge is 0.312 e. The number of nitrogens with two attached hydrogens (primary N) is 2. The van der Waals surface area contributed by atoms with Gasteiger partial charge in [-0.15, -0.1) is 0 Å². The molecular formula is C30H49N7O7. The van der Waals surface area contributed by atoms with Gasteiger partial charge in [0.1, 0.15) is 24.7 Å². The first-order chi connectivity index (χ1) is 20.7. The molecule has 44 heavy (non-hydrogen) atoms. The van der Waals surface area contributed by atoms with Crippen molar-refractivity contribution in [3.8, 4) is 0 Å². The van der Waals surface area contributed by atoms with E-state index in [4.69, 9.17) is 16.2 Å². The number of ether oxygens (including phenoxy) is 1. The summed E-state index contributed by atoms with van der Waals surface area (Å²) in [7, 11) is 0. The number of carbonyl (C=O) groups is 6. The fourth-order valence-corrected chi connectivity index (χ4v) is 4.08.